The minimum atomic E-state index is -0.546. The first-order chi connectivity index (χ1) is 29.2. The molecule has 8 aromatic carbocycles. The van der Waals surface area contributed by atoms with E-state index in [9.17, 15) is 0 Å². The fourth-order valence-electron chi connectivity index (χ4n) is 9.27. The first-order valence-electron chi connectivity index (χ1n) is 19.8. The van der Waals surface area contributed by atoms with Crippen LogP contribution in [0.4, 0.5) is 0 Å². The predicted molar refractivity (Wildman–Crippen MR) is 240 cm³/mol. The maximum atomic E-state index is 6.76. The van der Waals surface area contributed by atoms with Crippen molar-refractivity contribution in [2.24, 2.45) is 0 Å². The lowest BCUT2D eigenvalue weighted by Gasteiger charge is -2.39. The molecule has 2 aliphatic rings. The Morgan fingerprint density at radius 2 is 0.915 bits per heavy atom. The van der Waals surface area contributed by atoms with Crippen molar-refractivity contribution in [1.29, 1.82) is 0 Å². The SMILES string of the molecule is c1ccc(-c2nc(-c3ccccc3)nc(-c3cccc(-c4cccc(-c5ccc6c(c5)C5(c7ccccc7O6)c6ccccc6-c6c5ccc5sccc65)c4)c3)n2)cc1. The highest BCUT2D eigenvalue weighted by molar-refractivity contribution is 7.17. The molecule has 59 heavy (non-hydrogen) atoms. The van der Waals surface area contributed by atoms with Gasteiger partial charge in [0.1, 0.15) is 11.5 Å². The van der Waals surface area contributed by atoms with Crippen LogP contribution >= 0.6 is 11.3 Å². The van der Waals surface area contributed by atoms with Gasteiger partial charge in [-0.05, 0) is 92.4 Å². The second-order valence-corrected chi connectivity index (χ2v) is 16.1. The summed E-state index contributed by atoms with van der Waals surface area (Å²) in [5.41, 5.74) is 14.2. The van der Waals surface area contributed by atoms with E-state index in [0.29, 0.717) is 17.5 Å². The molecule has 276 valence electrons. The van der Waals surface area contributed by atoms with Gasteiger partial charge in [0.15, 0.2) is 17.5 Å². The predicted octanol–water partition coefficient (Wildman–Crippen LogP) is 13.9. The standard InChI is InChI=1S/C54H33N3OS/c1-3-13-34(14-4-1)51-55-52(35-15-5-2-6-16-35)57-53(56-51)40-20-12-19-38(32-40)36-17-11-18-37(31-36)39-25-27-48-46(33-39)54(44-23-9-10-24-47(44)58-48)43-22-8-7-21-41(43)50-42-29-30-59-49(42)28-26-45(50)54/h1-33H. The molecule has 12 rings (SSSR count). The molecule has 1 spiro atoms. The Bertz CT molecular complexity index is 3210. The molecule has 1 aliphatic heterocycles. The zero-order chi connectivity index (χ0) is 38.9. The first-order valence-corrected chi connectivity index (χ1v) is 20.7. The van der Waals surface area contributed by atoms with E-state index in [4.69, 9.17) is 19.7 Å². The summed E-state index contributed by atoms with van der Waals surface area (Å²) >= 11 is 1.80. The maximum Gasteiger partial charge on any atom is 0.164 e. The first kappa shape index (κ1) is 33.6. The number of hydrogen-bond donors (Lipinski definition) is 0. The van der Waals surface area contributed by atoms with E-state index in [2.05, 4.69) is 139 Å². The fraction of sp³-hybridized carbons (Fsp3) is 0.0185. The van der Waals surface area contributed by atoms with Crippen molar-refractivity contribution in [3.8, 4) is 79.0 Å². The van der Waals surface area contributed by atoms with Gasteiger partial charge in [-0.1, -0.05) is 152 Å². The summed E-state index contributed by atoms with van der Waals surface area (Å²) in [7, 11) is 0. The molecule has 3 heterocycles. The summed E-state index contributed by atoms with van der Waals surface area (Å²) in [6.45, 7) is 0. The third-order valence-corrected chi connectivity index (χ3v) is 12.8. The molecule has 0 bridgehead atoms. The number of rotatable bonds is 5. The van der Waals surface area contributed by atoms with Gasteiger partial charge in [-0.2, -0.15) is 0 Å². The summed E-state index contributed by atoms with van der Waals surface area (Å²) in [6, 6.07) is 68.7. The molecule has 0 radical (unpaired) electrons. The summed E-state index contributed by atoms with van der Waals surface area (Å²) in [4.78, 5) is 14.9. The van der Waals surface area contributed by atoms with E-state index in [1.165, 1.54) is 37.9 Å². The van der Waals surface area contributed by atoms with Crippen LogP contribution in [0.5, 0.6) is 11.5 Å². The highest BCUT2D eigenvalue weighted by Crippen LogP contribution is 2.63. The molecular formula is C54H33N3OS. The number of ether oxygens (including phenoxy) is 1. The Morgan fingerprint density at radius 3 is 1.63 bits per heavy atom. The fourth-order valence-corrected chi connectivity index (χ4v) is 10.1. The third kappa shape index (κ3) is 5.25. The van der Waals surface area contributed by atoms with Crippen molar-refractivity contribution >= 4 is 21.4 Å². The van der Waals surface area contributed by atoms with Crippen LogP contribution in [-0.4, -0.2) is 15.0 Å². The van der Waals surface area contributed by atoms with Gasteiger partial charge in [0.25, 0.3) is 0 Å². The lowest BCUT2D eigenvalue weighted by atomic mass is 9.65. The van der Waals surface area contributed by atoms with E-state index >= 15 is 0 Å². The highest BCUT2D eigenvalue weighted by atomic mass is 32.1. The van der Waals surface area contributed by atoms with Crippen LogP contribution in [0.1, 0.15) is 22.3 Å². The topological polar surface area (TPSA) is 47.9 Å². The number of para-hydroxylation sites is 1. The minimum Gasteiger partial charge on any atom is -0.457 e. The monoisotopic (exact) mass is 771 g/mol. The van der Waals surface area contributed by atoms with Gasteiger partial charge in [0.2, 0.25) is 0 Å². The lowest BCUT2D eigenvalue weighted by Crippen LogP contribution is -2.32. The number of thiophene rings is 1. The molecule has 0 saturated heterocycles. The van der Waals surface area contributed by atoms with Crippen molar-refractivity contribution in [2.75, 3.05) is 0 Å². The average Bonchev–Trinajstić information content (AvgIpc) is 3.91. The van der Waals surface area contributed by atoms with Crippen molar-refractivity contribution < 1.29 is 4.74 Å². The largest absolute Gasteiger partial charge is 0.457 e. The van der Waals surface area contributed by atoms with Gasteiger partial charge >= 0.3 is 0 Å². The Hall–Kier alpha value is -7.47. The van der Waals surface area contributed by atoms with E-state index in [0.717, 1.165) is 56.0 Å². The van der Waals surface area contributed by atoms with Gasteiger partial charge in [-0.25, -0.2) is 15.0 Å². The van der Waals surface area contributed by atoms with Gasteiger partial charge < -0.3 is 4.74 Å². The van der Waals surface area contributed by atoms with Crippen LogP contribution in [0.25, 0.3) is 77.6 Å². The number of fused-ring (bicyclic) bond motifs is 11. The van der Waals surface area contributed by atoms with Crippen LogP contribution in [0, 0.1) is 0 Å². The highest BCUT2D eigenvalue weighted by Gasteiger charge is 2.51. The van der Waals surface area contributed by atoms with E-state index in [1.807, 2.05) is 60.7 Å². The minimum absolute atomic E-state index is 0.546. The number of benzene rings is 8. The van der Waals surface area contributed by atoms with Gasteiger partial charge in [0, 0.05) is 37.9 Å². The molecule has 1 unspecified atom stereocenters. The molecule has 1 aliphatic carbocycles. The quantitative estimate of drug-likeness (QED) is 0.175. The lowest BCUT2D eigenvalue weighted by molar-refractivity contribution is 0.436. The Kier molecular flexibility index (Phi) is 7.59. The number of hydrogen-bond acceptors (Lipinski definition) is 5. The molecule has 2 aromatic heterocycles. The Morgan fingerprint density at radius 1 is 0.373 bits per heavy atom. The molecule has 1 atom stereocenters. The summed E-state index contributed by atoms with van der Waals surface area (Å²) in [6.07, 6.45) is 0. The zero-order valence-corrected chi connectivity index (χ0v) is 32.5. The second-order valence-electron chi connectivity index (χ2n) is 15.1. The van der Waals surface area contributed by atoms with Crippen LogP contribution < -0.4 is 4.74 Å². The van der Waals surface area contributed by atoms with Crippen molar-refractivity contribution in [1.82, 2.24) is 15.0 Å². The molecule has 10 aromatic rings. The van der Waals surface area contributed by atoms with Crippen LogP contribution in [0.3, 0.4) is 0 Å². The maximum absolute atomic E-state index is 6.76. The van der Waals surface area contributed by atoms with Gasteiger partial charge in [-0.3, -0.25) is 0 Å². The van der Waals surface area contributed by atoms with Gasteiger partial charge in [0.05, 0.1) is 5.41 Å². The van der Waals surface area contributed by atoms with E-state index in [-0.39, 0.29) is 0 Å². The Labute approximate surface area is 345 Å². The van der Waals surface area contributed by atoms with E-state index < -0.39 is 5.41 Å². The third-order valence-electron chi connectivity index (χ3n) is 11.9. The van der Waals surface area contributed by atoms with Crippen LogP contribution in [-0.2, 0) is 5.41 Å². The smallest absolute Gasteiger partial charge is 0.164 e. The normalized spacial score (nSPS) is 14.6. The van der Waals surface area contributed by atoms with Crippen molar-refractivity contribution in [3.63, 3.8) is 0 Å². The molecule has 5 heteroatoms. The van der Waals surface area contributed by atoms with Crippen LogP contribution in [0.2, 0.25) is 0 Å². The van der Waals surface area contributed by atoms with Crippen molar-refractivity contribution in [2.45, 2.75) is 5.41 Å². The van der Waals surface area contributed by atoms with Crippen molar-refractivity contribution in [3.05, 3.63) is 222 Å². The molecule has 0 N–H and O–H groups in total. The summed E-state index contributed by atoms with van der Waals surface area (Å²) < 4.78 is 8.07. The number of aromatic nitrogens is 3. The summed E-state index contributed by atoms with van der Waals surface area (Å²) in [5, 5.41) is 3.51. The number of nitrogens with zero attached hydrogens (tertiary/aromatic N) is 3. The Balaban J connectivity index is 0.988. The second kappa shape index (κ2) is 13.3. The molecule has 0 fully saturated rings. The molecule has 4 nitrogen and oxygen atoms in total. The van der Waals surface area contributed by atoms with Crippen LogP contribution in [0.15, 0.2) is 200 Å². The average molecular weight is 772 g/mol. The summed E-state index contributed by atoms with van der Waals surface area (Å²) in [5.74, 6) is 3.70. The van der Waals surface area contributed by atoms with E-state index in [1.54, 1.807) is 11.3 Å². The zero-order valence-electron chi connectivity index (χ0n) is 31.7. The molecule has 0 amide bonds. The van der Waals surface area contributed by atoms with Gasteiger partial charge in [-0.15, -0.1) is 11.3 Å². The molecular weight excluding hydrogens is 739 g/mol. The molecule has 0 saturated carbocycles.